The van der Waals surface area contributed by atoms with Crippen molar-refractivity contribution in [1.29, 1.82) is 0 Å². The van der Waals surface area contributed by atoms with Crippen LogP contribution in [0.15, 0.2) is 39.4 Å². The van der Waals surface area contributed by atoms with E-state index in [0.717, 1.165) is 30.1 Å². The number of hydrogen-bond acceptors (Lipinski definition) is 2. The molecule has 0 aliphatic carbocycles. The minimum atomic E-state index is 0.743. The van der Waals surface area contributed by atoms with Crippen molar-refractivity contribution < 1.29 is 8.83 Å². The molecule has 0 aliphatic rings. The second kappa shape index (κ2) is 3.52. The summed E-state index contributed by atoms with van der Waals surface area (Å²) < 4.78 is 10.8. The first-order valence-corrected chi connectivity index (χ1v) is 4.48. The fourth-order valence-corrected chi connectivity index (χ4v) is 1.29. The minimum Gasteiger partial charge on any atom is -0.469 e. The molecule has 0 fully saturated rings. The molecule has 0 N–H and O–H groups in total. The summed E-state index contributed by atoms with van der Waals surface area (Å²) in [6.45, 7) is 2.08. The van der Waals surface area contributed by atoms with Gasteiger partial charge in [0.25, 0.3) is 0 Å². The minimum absolute atomic E-state index is 0.743. The number of hydrogen-bond donors (Lipinski definition) is 0. The van der Waals surface area contributed by atoms with Gasteiger partial charge in [-0.2, -0.15) is 0 Å². The molecule has 2 rings (SSSR count). The molecule has 0 amide bonds. The van der Waals surface area contributed by atoms with Gasteiger partial charge in [-0.25, -0.2) is 0 Å². The number of rotatable bonds is 3. The molecule has 13 heavy (non-hydrogen) atoms. The van der Waals surface area contributed by atoms with Crippen molar-refractivity contribution in [2.75, 3.05) is 0 Å². The zero-order chi connectivity index (χ0) is 9.10. The highest BCUT2D eigenvalue weighted by atomic mass is 16.3. The molecule has 0 saturated heterocycles. The van der Waals surface area contributed by atoms with Gasteiger partial charge in [-0.3, -0.25) is 0 Å². The molecular weight excluding hydrogens is 164 g/mol. The van der Waals surface area contributed by atoms with E-state index in [1.54, 1.807) is 6.26 Å². The van der Waals surface area contributed by atoms with Crippen molar-refractivity contribution in [1.82, 2.24) is 0 Å². The van der Waals surface area contributed by atoms with E-state index in [0.29, 0.717) is 0 Å². The monoisotopic (exact) mass is 176 g/mol. The molecule has 68 valence electrons. The Hall–Kier alpha value is -1.44. The number of furan rings is 2. The summed E-state index contributed by atoms with van der Waals surface area (Å²) in [7, 11) is 0. The summed E-state index contributed by atoms with van der Waals surface area (Å²) in [6, 6.07) is 7.85. The zero-order valence-corrected chi connectivity index (χ0v) is 7.62. The Morgan fingerprint density at radius 3 is 2.54 bits per heavy atom. The van der Waals surface area contributed by atoms with Crippen LogP contribution in [0.3, 0.4) is 0 Å². The van der Waals surface area contributed by atoms with Crippen LogP contribution in [-0.4, -0.2) is 0 Å². The molecular formula is C11H12O2. The normalized spacial score (nSPS) is 10.5. The molecule has 0 saturated carbocycles. The van der Waals surface area contributed by atoms with Gasteiger partial charge < -0.3 is 8.83 Å². The molecule has 2 heterocycles. The third kappa shape index (κ3) is 1.83. The summed E-state index contributed by atoms with van der Waals surface area (Å²) in [5.74, 6) is 2.94. The lowest BCUT2D eigenvalue weighted by Gasteiger charge is -1.92. The quantitative estimate of drug-likeness (QED) is 0.718. The summed E-state index contributed by atoms with van der Waals surface area (Å²) >= 11 is 0. The first-order chi connectivity index (χ1) is 6.38. The Morgan fingerprint density at radius 2 is 1.92 bits per heavy atom. The second-order valence-corrected chi connectivity index (χ2v) is 2.98. The third-order valence-corrected chi connectivity index (χ3v) is 1.99. The predicted molar refractivity (Wildman–Crippen MR) is 49.6 cm³/mol. The van der Waals surface area contributed by atoms with Crippen LogP contribution in [0, 0.1) is 0 Å². The average molecular weight is 176 g/mol. The Kier molecular flexibility index (Phi) is 2.21. The standard InChI is InChI=1S/C11H12O2/c1-2-9-5-6-11(13-9)8-10-4-3-7-12-10/h3-7H,2,8H2,1H3. The van der Waals surface area contributed by atoms with Gasteiger partial charge in [0.1, 0.15) is 17.3 Å². The van der Waals surface area contributed by atoms with Gasteiger partial charge in [-0.05, 0) is 24.3 Å². The van der Waals surface area contributed by atoms with E-state index in [1.807, 2.05) is 24.3 Å². The molecule has 2 aromatic rings. The molecule has 0 aliphatic heterocycles. The van der Waals surface area contributed by atoms with Crippen molar-refractivity contribution in [3.63, 3.8) is 0 Å². The van der Waals surface area contributed by atoms with Crippen molar-refractivity contribution in [3.05, 3.63) is 47.8 Å². The maximum atomic E-state index is 5.55. The van der Waals surface area contributed by atoms with Gasteiger partial charge in [0.15, 0.2) is 0 Å². The van der Waals surface area contributed by atoms with Crippen LogP contribution < -0.4 is 0 Å². The van der Waals surface area contributed by atoms with E-state index in [-0.39, 0.29) is 0 Å². The van der Waals surface area contributed by atoms with Gasteiger partial charge in [0.05, 0.1) is 12.7 Å². The van der Waals surface area contributed by atoms with Crippen LogP contribution in [0.25, 0.3) is 0 Å². The smallest absolute Gasteiger partial charge is 0.111 e. The Balaban J connectivity index is 2.10. The fraction of sp³-hybridized carbons (Fsp3) is 0.273. The molecule has 2 aromatic heterocycles. The average Bonchev–Trinajstić information content (AvgIpc) is 2.76. The topological polar surface area (TPSA) is 26.3 Å². The van der Waals surface area contributed by atoms with Crippen molar-refractivity contribution in [3.8, 4) is 0 Å². The molecule has 2 heteroatoms. The van der Waals surface area contributed by atoms with Crippen molar-refractivity contribution >= 4 is 0 Å². The van der Waals surface area contributed by atoms with E-state index < -0.39 is 0 Å². The number of aryl methyl sites for hydroxylation is 1. The van der Waals surface area contributed by atoms with E-state index in [9.17, 15) is 0 Å². The van der Waals surface area contributed by atoms with E-state index in [1.165, 1.54) is 0 Å². The first kappa shape index (κ1) is 8.17. The highest BCUT2D eigenvalue weighted by molar-refractivity contribution is 5.13. The summed E-state index contributed by atoms with van der Waals surface area (Å²) in [5, 5.41) is 0. The highest BCUT2D eigenvalue weighted by Gasteiger charge is 2.03. The molecule has 2 nitrogen and oxygen atoms in total. The van der Waals surface area contributed by atoms with Gasteiger partial charge in [-0.15, -0.1) is 0 Å². The predicted octanol–water partition coefficient (Wildman–Crippen LogP) is 3.03. The summed E-state index contributed by atoms with van der Waals surface area (Å²) in [4.78, 5) is 0. The van der Waals surface area contributed by atoms with Crippen LogP contribution >= 0.6 is 0 Å². The summed E-state index contributed by atoms with van der Waals surface area (Å²) in [5.41, 5.74) is 0. The SMILES string of the molecule is CCc1ccc(Cc2ccco2)o1. The lowest BCUT2D eigenvalue weighted by atomic mass is 10.3. The van der Waals surface area contributed by atoms with E-state index in [4.69, 9.17) is 8.83 Å². The lowest BCUT2D eigenvalue weighted by Crippen LogP contribution is -1.80. The van der Waals surface area contributed by atoms with Gasteiger partial charge in [0.2, 0.25) is 0 Å². The van der Waals surface area contributed by atoms with E-state index in [2.05, 4.69) is 6.92 Å². The van der Waals surface area contributed by atoms with Crippen molar-refractivity contribution in [2.45, 2.75) is 19.8 Å². The Bertz CT molecular complexity index is 357. The summed E-state index contributed by atoms with van der Waals surface area (Å²) in [6.07, 6.45) is 3.37. The van der Waals surface area contributed by atoms with Crippen LogP contribution in [0.5, 0.6) is 0 Å². The van der Waals surface area contributed by atoms with Gasteiger partial charge in [0, 0.05) is 6.42 Å². The van der Waals surface area contributed by atoms with Crippen molar-refractivity contribution in [2.24, 2.45) is 0 Å². The molecule has 0 bridgehead atoms. The van der Waals surface area contributed by atoms with Gasteiger partial charge >= 0.3 is 0 Å². The van der Waals surface area contributed by atoms with Gasteiger partial charge in [-0.1, -0.05) is 6.92 Å². The largest absolute Gasteiger partial charge is 0.469 e. The molecule has 0 atom stereocenters. The first-order valence-electron chi connectivity index (χ1n) is 4.48. The van der Waals surface area contributed by atoms with Crippen LogP contribution in [0.4, 0.5) is 0 Å². The van der Waals surface area contributed by atoms with Crippen LogP contribution in [0.2, 0.25) is 0 Å². The molecule has 0 unspecified atom stereocenters. The van der Waals surface area contributed by atoms with E-state index >= 15 is 0 Å². The zero-order valence-electron chi connectivity index (χ0n) is 7.62. The third-order valence-electron chi connectivity index (χ3n) is 1.99. The lowest BCUT2D eigenvalue weighted by molar-refractivity contribution is 0.452. The Morgan fingerprint density at radius 1 is 1.08 bits per heavy atom. The molecule has 0 aromatic carbocycles. The van der Waals surface area contributed by atoms with Crippen LogP contribution in [0.1, 0.15) is 24.2 Å². The highest BCUT2D eigenvalue weighted by Crippen LogP contribution is 2.13. The molecule has 0 radical (unpaired) electrons. The molecule has 0 spiro atoms. The second-order valence-electron chi connectivity index (χ2n) is 2.98. The maximum Gasteiger partial charge on any atom is 0.111 e. The van der Waals surface area contributed by atoms with Crippen LogP contribution in [-0.2, 0) is 12.8 Å². The fourth-order valence-electron chi connectivity index (χ4n) is 1.29. The maximum absolute atomic E-state index is 5.55. The Labute approximate surface area is 77.2 Å².